The fourth-order valence-corrected chi connectivity index (χ4v) is 4.16. The summed E-state index contributed by atoms with van der Waals surface area (Å²) >= 11 is 7.47. The van der Waals surface area contributed by atoms with Crippen molar-refractivity contribution in [2.75, 3.05) is 18.2 Å². The van der Waals surface area contributed by atoms with Crippen molar-refractivity contribution in [3.05, 3.63) is 83.4 Å². The van der Waals surface area contributed by atoms with Crippen molar-refractivity contribution >= 4 is 35.0 Å². The number of benzene rings is 3. The van der Waals surface area contributed by atoms with E-state index in [1.165, 1.54) is 11.8 Å². The third kappa shape index (κ3) is 4.64. The number of nitrogens with one attached hydrogen (secondary N) is 1. The van der Waals surface area contributed by atoms with Crippen LogP contribution in [0.4, 0.5) is 5.69 Å². The molecule has 162 valence electrons. The summed E-state index contributed by atoms with van der Waals surface area (Å²) in [5.74, 6) is 1.36. The molecule has 0 unspecified atom stereocenters. The number of nitrogens with zero attached hydrogens (tertiary/aromatic N) is 3. The highest BCUT2D eigenvalue weighted by atomic mass is 35.5. The Hall–Kier alpha value is -3.29. The fraction of sp³-hybridized carbons (Fsp3) is 0.125. The van der Waals surface area contributed by atoms with Crippen molar-refractivity contribution < 1.29 is 9.53 Å². The first-order valence-electron chi connectivity index (χ1n) is 9.90. The molecule has 1 heterocycles. The van der Waals surface area contributed by atoms with Gasteiger partial charge < -0.3 is 10.1 Å². The van der Waals surface area contributed by atoms with Crippen LogP contribution >= 0.6 is 23.4 Å². The van der Waals surface area contributed by atoms with Gasteiger partial charge in [-0.15, -0.1) is 10.2 Å². The summed E-state index contributed by atoms with van der Waals surface area (Å²) in [6.07, 6.45) is 0. The number of rotatable bonds is 7. The molecule has 0 saturated carbocycles. The van der Waals surface area contributed by atoms with Crippen LogP contribution in [0.3, 0.4) is 0 Å². The van der Waals surface area contributed by atoms with Crippen molar-refractivity contribution in [1.29, 1.82) is 0 Å². The minimum absolute atomic E-state index is 0.151. The predicted octanol–water partition coefficient (Wildman–Crippen LogP) is 5.64. The van der Waals surface area contributed by atoms with E-state index in [1.54, 1.807) is 13.2 Å². The minimum Gasteiger partial charge on any atom is -0.496 e. The first kappa shape index (κ1) is 21.9. The van der Waals surface area contributed by atoms with Gasteiger partial charge in [0.05, 0.1) is 18.4 Å². The SMILES string of the molecule is COc1ccccc1-c1nnc(SCC(=O)Nc2cccc(Cl)c2C)n1-c1ccccc1. The number of methoxy groups -OCH3 is 1. The van der Waals surface area contributed by atoms with Gasteiger partial charge >= 0.3 is 0 Å². The van der Waals surface area contributed by atoms with Gasteiger partial charge in [-0.1, -0.05) is 59.8 Å². The van der Waals surface area contributed by atoms with E-state index in [4.69, 9.17) is 16.3 Å². The molecule has 0 radical (unpaired) electrons. The van der Waals surface area contributed by atoms with Crippen LogP contribution in [0.2, 0.25) is 5.02 Å². The first-order valence-corrected chi connectivity index (χ1v) is 11.3. The van der Waals surface area contributed by atoms with E-state index in [-0.39, 0.29) is 11.7 Å². The van der Waals surface area contributed by atoms with Crippen molar-refractivity contribution in [2.45, 2.75) is 12.1 Å². The molecule has 0 aliphatic carbocycles. The maximum Gasteiger partial charge on any atom is 0.234 e. The summed E-state index contributed by atoms with van der Waals surface area (Å²) in [5.41, 5.74) is 3.24. The number of amides is 1. The van der Waals surface area contributed by atoms with Gasteiger partial charge in [-0.05, 0) is 48.9 Å². The number of hydrogen-bond acceptors (Lipinski definition) is 5. The molecule has 0 aliphatic rings. The predicted molar refractivity (Wildman–Crippen MR) is 129 cm³/mol. The number of carbonyl (C=O) groups excluding carboxylic acids is 1. The fourth-order valence-electron chi connectivity index (χ4n) is 3.24. The van der Waals surface area contributed by atoms with E-state index < -0.39 is 0 Å². The standard InChI is InChI=1S/C24H21ClN4O2S/c1-16-19(25)12-8-13-20(16)26-22(30)15-32-24-28-27-23(18-11-6-7-14-21(18)31-2)29(24)17-9-4-3-5-10-17/h3-14H,15H2,1-2H3,(H,26,30). The van der Waals surface area contributed by atoms with Gasteiger partial charge in [-0.3, -0.25) is 9.36 Å². The molecule has 0 fully saturated rings. The van der Waals surface area contributed by atoms with Gasteiger partial charge in [-0.2, -0.15) is 0 Å². The molecule has 1 amide bonds. The van der Waals surface area contributed by atoms with E-state index in [1.807, 2.05) is 78.2 Å². The summed E-state index contributed by atoms with van der Waals surface area (Å²) in [4.78, 5) is 12.6. The highest BCUT2D eigenvalue weighted by molar-refractivity contribution is 7.99. The maximum absolute atomic E-state index is 12.6. The lowest BCUT2D eigenvalue weighted by Gasteiger charge is -2.13. The smallest absolute Gasteiger partial charge is 0.234 e. The maximum atomic E-state index is 12.6. The van der Waals surface area contributed by atoms with Crippen molar-refractivity contribution in [3.8, 4) is 22.8 Å². The highest BCUT2D eigenvalue weighted by Crippen LogP contribution is 2.33. The van der Waals surface area contributed by atoms with Gasteiger partial charge in [0.25, 0.3) is 0 Å². The molecule has 8 heteroatoms. The van der Waals surface area contributed by atoms with Gasteiger partial charge in [0.1, 0.15) is 5.75 Å². The zero-order chi connectivity index (χ0) is 22.5. The molecule has 0 spiro atoms. The highest BCUT2D eigenvalue weighted by Gasteiger charge is 2.19. The molecular formula is C24H21ClN4O2S. The summed E-state index contributed by atoms with van der Waals surface area (Å²) < 4.78 is 7.45. The van der Waals surface area contributed by atoms with Crippen molar-refractivity contribution in [3.63, 3.8) is 0 Å². The number of ether oxygens (including phenoxy) is 1. The van der Waals surface area contributed by atoms with Crippen LogP contribution in [0.1, 0.15) is 5.56 Å². The number of aromatic nitrogens is 3. The Balaban J connectivity index is 1.62. The number of hydrogen-bond donors (Lipinski definition) is 1. The normalized spacial score (nSPS) is 10.7. The molecule has 4 rings (SSSR count). The molecule has 1 N–H and O–H groups in total. The number of anilines is 1. The van der Waals surface area contributed by atoms with Gasteiger partial charge in [0.15, 0.2) is 11.0 Å². The van der Waals surface area contributed by atoms with E-state index >= 15 is 0 Å². The van der Waals surface area contributed by atoms with Crippen LogP contribution in [0.15, 0.2) is 78.0 Å². The summed E-state index contributed by atoms with van der Waals surface area (Å²) in [6.45, 7) is 1.87. The lowest BCUT2D eigenvalue weighted by molar-refractivity contribution is -0.113. The lowest BCUT2D eigenvalue weighted by atomic mass is 10.2. The Morgan fingerprint density at radius 1 is 1.03 bits per heavy atom. The Labute approximate surface area is 195 Å². The van der Waals surface area contributed by atoms with Crippen molar-refractivity contribution in [2.24, 2.45) is 0 Å². The summed E-state index contributed by atoms with van der Waals surface area (Å²) in [6, 6.07) is 22.9. The van der Waals surface area contributed by atoms with Crippen LogP contribution in [-0.4, -0.2) is 33.5 Å². The molecule has 4 aromatic rings. The average molecular weight is 465 g/mol. The van der Waals surface area contributed by atoms with Crippen molar-refractivity contribution in [1.82, 2.24) is 14.8 Å². The van der Waals surface area contributed by atoms with Crippen LogP contribution < -0.4 is 10.1 Å². The zero-order valence-electron chi connectivity index (χ0n) is 17.6. The minimum atomic E-state index is -0.151. The number of para-hydroxylation sites is 2. The van der Waals surface area contributed by atoms with Crippen LogP contribution in [0, 0.1) is 6.92 Å². The average Bonchev–Trinajstić information content (AvgIpc) is 3.25. The quantitative estimate of drug-likeness (QED) is 0.359. The second-order valence-electron chi connectivity index (χ2n) is 6.93. The molecule has 1 aromatic heterocycles. The molecule has 3 aromatic carbocycles. The monoisotopic (exact) mass is 464 g/mol. The van der Waals surface area contributed by atoms with E-state index in [9.17, 15) is 4.79 Å². The molecule has 0 saturated heterocycles. The first-order chi connectivity index (χ1) is 15.6. The molecular weight excluding hydrogens is 444 g/mol. The Morgan fingerprint density at radius 2 is 1.78 bits per heavy atom. The number of halogens is 1. The zero-order valence-corrected chi connectivity index (χ0v) is 19.2. The summed E-state index contributed by atoms with van der Waals surface area (Å²) in [7, 11) is 1.62. The van der Waals surface area contributed by atoms with E-state index in [0.29, 0.717) is 27.4 Å². The topological polar surface area (TPSA) is 69.0 Å². The second-order valence-corrected chi connectivity index (χ2v) is 8.28. The second kappa shape index (κ2) is 9.89. The Bertz CT molecular complexity index is 1240. The lowest BCUT2D eigenvalue weighted by Crippen LogP contribution is -2.15. The molecule has 0 bridgehead atoms. The van der Waals surface area contributed by atoms with Crippen LogP contribution in [0.25, 0.3) is 17.1 Å². The largest absolute Gasteiger partial charge is 0.496 e. The third-order valence-corrected chi connectivity index (χ3v) is 6.21. The molecule has 0 aliphatic heterocycles. The molecule has 6 nitrogen and oxygen atoms in total. The Morgan fingerprint density at radius 3 is 2.56 bits per heavy atom. The Kier molecular flexibility index (Phi) is 6.78. The van der Waals surface area contributed by atoms with E-state index in [2.05, 4.69) is 15.5 Å². The number of thioether (sulfide) groups is 1. The van der Waals surface area contributed by atoms with E-state index in [0.717, 1.165) is 16.8 Å². The number of carbonyl (C=O) groups is 1. The van der Waals surface area contributed by atoms with Crippen LogP contribution in [-0.2, 0) is 4.79 Å². The van der Waals surface area contributed by atoms with Gasteiger partial charge in [0.2, 0.25) is 5.91 Å². The van der Waals surface area contributed by atoms with Crippen LogP contribution in [0.5, 0.6) is 5.75 Å². The third-order valence-electron chi connectivity index (χ3n) is 4.87. The summed E-state index contributed by atoms with van der Waals surface area (Å²) in [5, 5.41) is 12.9. The molecule has 0 atom stereocenters. The molecule has 32 heavy (non-hydrogen) atoms. The van der Waals surface area contributed by atoms with Gasteiger partial charge in [-0.25, -0.2) is 0 Å². The van der Waals surface area contributed by atoms with Gasteiger partial charge in [0, 0.05) is 16.4 Å².